The summed E-state index contributed by atoms with van der Waals surface area (Å²) in [4.78, 5) is 61.7. The maximum atomic E-state index is 13.3. The van der Waals surface area contributed by atoms with Crippen molar-refractivity contribution in [3.8, 4) is 5.75 Å². The van der Waals surface area contributed by atoms with E-state index in [2.05, 4.69) is 16.0 Å². The van der Waals surface area contributed by atoms with Crippen LogP contribution in [0.4, 0.5) is 0 Å². The number of amides is 4. The van der Waals surface area contributed by atoms with E-state index < -0.39 is 66.1 Å². The molecule has 9 N–H and O–H groups in total. The van der Waals surface area contributed by atoms with Crippen molar-refractivity contribution in [3.05, 3.63) is 29.8 Å². The molecule has 0 aliphatic rings. The van der Waals surface area contributed by atoms with Gasteiger partial charge in [0.15, 0.2) is 0 Å². The zero-order chi connectivity index (χ0) is 28.1. The Morgan fingerprint density at radius 2 is 1.57 bits per heavy atom. The second-order valence-electron chi connectivity index (χ2n) is 8.76. The van der Waals surface area contributed by atoms with Crippen LogP contribution in [-0.4, -0.2) is 76.0 Å². The van der Waals surface area contributed by atoms with Crippen molar-refractivity contribution < 1.29 is 34.2 Å². The number of aliphatic carboxylic acids is 1. The van der Waals surface area contributed by atoms with Crippen molar-refractivity contribution in [1.29, 1.82) is 0 Å². The Morgan fingerprint density at radius 3 is 2.08 bits per heavy atom. The number of carboxylic acids is 1. The van der Waals surface area contributed by atoms with E-state index in [0.29, 0.717) is 24.2 Å². The van der Waals surface area contributed by atoms with Gasteiger partial charge in [0.2, 0.25) is 23.6 Å². The lowest BCUT2D eigenvalue weighted by Gasteiger charge is -2.28. The minimum atomic E-state index is -1.56. The number of nitrogens with one attached hydrogen (secondary N) is 3. The Bertz CT molecular complexity index is 944. The highest BCUT2D eigenvalue weighted by atomic mass is 32.2. The van der Waals surface area contributed by atoms with Crippen LogP contribution in [0.15, 0.2) is 24.3 Å². The number of carboxylic acid groups (broad SMARTS) is 1. The van der Waals surface area contributed by atoms with Gasteiger partial charge in [0, 0.05) is 6.42 Å². The van der Waals surface area contributed by atoms with Crippen molar-refractivity contribution in [3.63, 3.8) is 0 Å². The van der Waals surface area contributed by atoms with Gasteiger partial charge in [0.1, 0.15) is 23.9 Å². The average molecular weight is 540 g/mol. The summed E-state index contributed by atoms with van der Waals surface area (Å²) in [5.41, 5.74) is 11.7. The second-order valence-corrected chi connectivity index (χ2v) is 9.75. The molecular formula is C24H37N5O7S. The lowest BCUT2D eigenvalue weighted by Crippen LogP contribution is -2.59. The van der Waals surface area contributed by atoms with Crippen molar-refractivity contribution in [2.45, 2.75) is 63.7 Å². The Kier molecular flexibility index (Phi) is 13.5. The smallest absolute Gasteiger partial charge is 0.326 e. The lowest BCUT2D eigenvalue weighted by atomic mass is 9.96. The van der Waals surface area contributed by atoms with Gasteiger partial charge in [-0.15, -0.1) is 0 Å². The summed E-state index contributed by atoms with van der Waals surface area (Å²) in [5.74, 6) is -4.11. The topological polar surface area (TPSA) is 214 Å². The van der Waals surface area contributed by atoms with E-state index in [1.165, 1.54) is 23.9 Å². The normalized spacial score (nSPS) is 14.9. The van der Waals surface area contributed by atoms with Crippen LogP contribution in [0.3, 0.4) is 0 Å². The molecule has 0 bridgehead atoms. The van der Waals surface area contributed by atoms with E-state index in [1.54, 1.807) is 26.0 Å². The molecule has 0 saturated carbocycles. The first kappa shape index (κ1) is 31.7. The first-order valence-electron chi connectivity index (χ1n) is 11.8. The Hall–Kier alpha value is -3.32. The fourth-order valence-electron chi connectivity index (χ4n) is 3.35. The van der Waals surface area contributed by atoms with Gasteiger partial charge in [-0.2, -0.15) is 11.8 Å². The summed E-state index contributed by atoms with van der Waals surface area (Å²) in [7, 11) is 0. The molecule has 13 heteroatoms. The zero-order valence-corrected chi connectivity index (χ0v) is 22.0. The third-order valence-electron chi connectivity index (χ3n) is 5.79. The second kappa shape index (κ2) is 15.7. The predicted octanol–water partition coefficient (Wildman–Crippen LogP) is -0.524. The van der Waals surface area contributed by atoms with Crippen LogP contribution in [0.1, 0.15) is 38.7 Å². The Labute approximate surface area is 220 Å². The van der Waals surface area contributed by atoms with Gasteiger partial charge in [-0.05, 0) is 42.0 Å². The van der Waals surface area contributed by atoms with Crippen LogP contribution in [0.2, 0.25) is 0 Å². The summed E-state index contributed by atoms with van der Waals surface area (Å²) in [5, 5.41) is 26.4. The van der Waals surface area contributed by atoms with E-state index in [4.69, 9.17) is 11.5 Å². The SMILES string of the molecule is CCC(C)C(NC(=O)C(Cc1ccc(O)cc1)NC(=O)C(N)CCSC)C(=O)NC(CC(N)=O)C(=O)O. The molecule has 1 rings (SSSR count). The molecule has 0 saturated heterocycles. The minimum absolute atomic E-state index is 0.0327. The predicted molar refractivity (Wildman–Crippen MR) is 139 cm³/mol. The molecule has 0 heterocycles. The molecule has 12 nitrogen and oxygen atoms in total. The molecule has 37 heavy (non-hydrogen) atoms. The molecule has 0 spiro atoms. The molecule has 4 amide bonds. The average Bonchev–Trinajstić information content (AvgIpc) is 2.84. The van der Waals surface area contributed by atoms with Gasteiger partial charge in [-0.25, -0.2) is 4.79 Å². The number of rotatable bonds is 16. The maximum absolute atomic E-state index is 13.3. The number of carbonyl (C=O) groups is 5. The number of primary amides is 1. The van der Waals surface area contributed by atoms with Crippen molar-refractivity contribution >= 4 is 41.4 Å². The minimum Gasteiger partial charge on any atom is -0.508 e. The largest absolute Gasteiger partial charge is 0.508 e. The molecule has 5 unspecified atom stereocenters. The molecule has 0 aliphatic heterocycles. The van der Waals surface area contributed by atoms with E-state index in [9.17, 15) is 34.2 Å². The highest BCUT2D eigenvalue weighted by molar-refractivity contribution is 7.98. The highest BCUT2D eigenvalue weighted by Crippen LogP contribution is 2.14. The van der Waals surface area contributed by atoms with Crippen molar-refractivity contribution in [2.24, 2.45) is 17.4 Å². The summed E-state index contributed by atoms with van der Waals surface area (Å²) in [6, 6.07) is 1.39. The quantitative estimate of drug-likeness (QED) is 0.144. The third-order valence-corrected chi connectivity index (χ3v) is 6.44. The van der Waals surface area contributed by atoms with Crippen molar-refractivity contribution in [1.82, 2.24) is 16.0 Å². The molecule has 0 aliphatic carbocycles. The summed E-state index contributed by atoms with van der Waals surface area (Å²) in [6.45, 7) is 3.48. The summed E-state index contributed by atoms with van der Waals surface area (Å²) >= 11 is 1.53. The van der Waals surface area contributed by atoms with E-state index in [0.717, 1.165) is 0 Å². The molecule has 206 valence electrons. The van der Waals surface area contributed by atoms with Gasteiger partial charge >= 0.3 is 5.97 Å². The molecule has 0 fully saturated rings. The first-order valence-corrected chi connectivity index (χ1v) is 13.2. The van der Waals surface area contributed by atoms with E-state index >= 15 is 0 Å². The first-order chi connectivity index (χ1) is 17.4. The molecular weight excluding hydrogens is 502 g/mol. The van der Waals surface area contributed by atoms with Crippen LogP contribution >= 0.6 is 11.8 Å². The van der Waals surface area contributed by atoms with E-state index in [1.807, 2.05) is 6.26 Å². The van der Waals surface area contributed by atoms with Gasteiger partial charge in [0.25, 0.3) is 0 Å². The van der Waals surface area contributed by atoms with Gasteiger partial charge in [0.05, 0.1) is 12.5 Å². The monoisotopic (exact) mass is 539 g/mol. The number of aromatic hydroxyl groups is 1. The number of nitrogens with two attached hydrogens (primary N) is 2. The Balaban J connectivity index is 3.15. The molecule has 1 aromatic carbocycles. The zero-order valence-electron chi connectivity index (χ0n) is 21.2. The number of phenols is 1. The number of thioether (sulfide) groups is 1. The van der Waals surface area contributed by atoms with Crippen LogP contribution in [0, 0.1) is 5.92 Å². The van der Waals surface area contributed by atoms with Crippen LogP contribution in [0.25, 0.3) is 0 Å². The third kappa shape index (κ3) is 11.1. The number of hydrogen-bond acceptors (Lipinski definition) is 8. The number of benzene rings is 1. The molecule has 1 aromatic rings. The standard InChI is InChI=1S/C24H37N5O7S/c1-4-13(2)20(23(34)28-18(24(35)36)12-19(26)31)29-22(33)17(11-14-5-7-15(30)8-6-14)27-21(32)16(25)9-10-37-3/h5-8,13,16-18,20,30H,4,9-12,25H2,1-3H3,(H2,26,31)(H,27,32)(H,28,34)(H,29,33)(H,35,36). The van der Waals surface area contributed by atoms with Crippen LogP contribution in [-0.2, 0) is 30.4 Å². The van der Waals surface area contributed by atoms with Gasteiger partial charge < -0.3 is 37.6 Å². The maximum Gasteiger partial charge on any atom is 0.326 e. The van der Waals surface area contributed by atoms with Gasteiger partial charge in [-0.3, -0.25) is 19.2 Å². The fourth-order valence-corrected chi connectivity index (χ4v) is 3.84. The molecule has 0 radical (unpaired) electrons. The summed E-state index contributed by atoms with van der Waals surface area (Å²) in [6.07, 6.45) is 2.16. The van der Waals surface area contributed by atoms with Crippen molar-refractivity contribution in [2.75, 3.05) is 12.0 Å². The van der Waals surface area contributed by atoms with Crippen LogP contribution < -0.4 is 27.4 Å². The van der Waals surface area contributed by atoms with E-state index in [-0.39, 0.29) is 12.2 Å². The Morgan fingerprint density at radius 1 is 0.973 bits per heavy atom. The lowest BCUT2D eigenvalue weighted by molar-refractivity contribution is -0.144. The number of phenolic OH excluding ortho intramolecular Hbond substituents is 1. The fraction of sp³-hybridized carbons (Fsp3) is 0.542. The van der Waals surface area contributed by atoms with Gasteiger partial charge in [-0.1, -0.05) is 32.4 Å². The number of carbonyl (C=O) groups excluding carboxylic acids is 4. The summed E-state index contributed by atoms with van der Waals surface area (Å²) < 4.78 is 0. The highest BCUT2D eigenvalue weighted by Gasteiger charge is 2.33. The molecule has 5 atom stereocenters. The van der Waals surface area contributed by atoms with Crippen LogP contribution in [0.5, 0.6) is 5.75 Å². The number of hydrogen-bond donors (Lipinski definition) is 7. The molecule has 0 aromatic heterocycles.